The second kappa shape index (κ2) is 5.43. The number of rotatable bonds is 5. The quantitative estimate of drug-likeness (QED) is 0.589. The van der Waals surface area contributed by atoms with E-state index in [0.717, 1.165) is 5.92 Å². The van der Waals surface area contributed by atoms with Crippen molar-refractivity contribution in [1.29, 1.82) is 0 Å². The van der Waals surface area contributed by atoms with Crippen LogP contribution in [-0.2, 0) is 0 Å². The van der Waals surface area contributed by atoms with E-state index in [-0.39, 0.29) is 0 Å². The Kier molecular flexibility index (Phi) is 4.51. The Morgan fingerprint density at radius 1 is 1.31 bits per heavy atom. The molecule has 1 fully saturated rings. The van der Waals surface area contributed by atoms with Gasteiger partial charge in [0.05, 0.1) is 0 Å². The van der Waals surface area contributed by atoms with Gasteiger partial charge in [0.25, 0.3) is 0 Å². The first-order valence-corrected chi connectivity index (χ1v) is 5.52. The second-order valence-electron chi connectivity index (χ2n) is 4.55. The highest BCUT2D eigenvalue weighted by molar-refractivity contribution is 5.02. The molecule has 1 rings (SSSR count). The van der Waals surface area contributed by atoms with Gasteiger partial charge in [0.2, 0.25) is 0 Å². The predicted octanol–water partition coefficient (Wildman–Crippen LogP) is 3.07. The van der Waals surface area contributed by atoms with Crippen LogP contribution < -0.4 is 0 Å². The van der Waals surface area contributed by atoms with Crippen LogP contribution in [0.2, 0.25) is 0 Å². The summed E-state index contributed by atoms with van der Waals surface area (Å²) < 4.78 is 0. The first-order valence-electron chi connectivity index (χ1n) is 5.52. The maximum atomic E-state index is 4.22. The van der Waals surface area contributed by atoms with Crippen molar-refractivity contribution in [3.8, 4) is 0 Å². The molecule has 0 heterocycles. The SMILES string of the molecule is C=C(CCCN(C)C)C1CCCC1. The second-order valence-corrected chi connectivity index (χ2v) is 4.55. The summed E-state index contributed by atoms with van der Waals surface area (Å²) in [7, 11) is 4.27. The number of hydrogen-bond acceptors (Lipinski definition) is 1. The van der Waals surface area contributed by atoms with Crippen LogP contribution in [0.1, 0.15) is 38.5 Å². The number of hydrogen-bond donors (Lipinski definition) is 0. The summed E-state index contributed by atoms with van der Waals surface area (Å²) in [4.78, 5) is 2.25. The minimum atomic E-state index is 0.863. The summed E-state index contributed by atoms with van der Waals surface area (Å²) in [5.74, 6) is 0.863. The molecule has 76 valence electrons. The smallest absolute Gasteiger partial charge is 0.00218 e. The van der Waals surface area contributed by atoms with Gasteiger partial charge in [-0.25, -0.2) is 0 Å². The predicted molar refractivity (Wildman–Crippen MR) is 58.9 cm³/mol. The molecule has 0 amide bonds. The first kappa shape index (κ1) is 10.8. The monoisotopic (exact) mass is 181 g/mol. The lowest BCUT2D eigenvalue weighted by atomic mass is 9.95. The van der Waals surface area contributed by atoms with Crippen molar-refractivity contribution in [3.63, 3.8) is 0 Å². The zero-order valence-electron chi connectivity index (χ0n) is 9.18. The molecule has 1 nitrogen and oxygen atoms in total. The van der Waals surface area contributed by atoms with Gasteiger partial charge >= 0.3 is 0 Å². The largest absolute Gasteiger partial charge is 0.309 e. The molecule has 0 aliphatic heterocycles. The Hall–Kier alpha value is -0.300. The summed E-state index contributed by atoms with van der Waals surface area (Å²) in [5, 5.41) is 0. The van der Waals surface area contributed by atoms with Crippen molar-refractivity contribution in [3.05, 3.63) is 12.2 Å². The number of allylic oxidation sites excluding steroid dienone is 1. The lowest BCUT2D eigenvalue weighted by molar-refractivity contribution is 0.396. The summed E-state index contributed by atoms with van der Waals surface area (Å²) in [6, 6.07) is 0. The fraction of sp³-hybridized carbons (Fsp3) is 0.833. The van der Waals surface area contributed by atoms with Crippen molar-refractivity contribution in [2.24, 2.45) is 5.92 Å². The van der Waals surface area contributed by atoms with Gasteiger partial charge in [-0.05, 0) is 52.2 Å². The molecule has 0 atom stereocenters. The van der Waals surface area contributed by atoms with Crippen LogP contribution in [0.25, 0.3) is 0 Å². The third-order valence-electron chi connectivity index (χ3n) is 3.04. The fourth-order valence-electron chi connectivity index (χ4n) is 2.16. The van der Waals surface area contributed by atoms with Gasteiger partial charge in [0.1, 0.15) is 0 Å². The van der Waals surface area contributed by atoms with Gasteiger partial charge in [0.15, 0.2) is 0 Å². The average molecular weight is 181 g/mol. The molecule has 1 aliphatic carbocycles. The zero-order chi connectivity index (χ0) is 9.68. The molecule has 0 bridgehead atoms. The fourth-order valence-corrected chi connectivity index (χ4v) is 2.16. The first-order chi connectivity index (χ1) is 6.20. The van der Waals surface area contributed by atoms with E-state index in [1.165, 1.54) is 50.6 Å². The molecule has 0 saturated heterocycles. The van der Waals surface area contributed by atoms with E-state index in [1.54, 1.807) is 0 Å². The summed E-state index contributed by atoms with van der Waals surface area (Å²) in [6.07, 6.45) is 8.18. The molecule has 0 unspecified atom stereocenters. The third kappa shape index (κ3) is 3.95. The summed E-state index contributed by atoms with van der Waals surface area (Å²) in [5.41, 5.74) is 1.51. The molecular formula is C12H23N. The van der Waals surface area contributed by atoms with Gasteiger partial charge in [0, 0.05) is 0 Å². The highest BCUT2D eigenvalue weighted by Crippen LogP contribution is 2.32. The van der Waals surface area contributed by atoms with Gasteiger partial charge < -0.3 is 4.90 Å². The zero-order valence-corrected chi connectivity index (χ0v) is 9.18. The molecule has 1 saturated carbocycles. The van der Waals surface area contributed by atoms with Crippen LogP contribution in [0.3, 0.4) is 0 Å². The van der Waals surface area contributed by atoms with Crippen molar-refractivity contribution < 1.29 is 0 Å². The minimum absolute atomic E-state index is 0.863. The molecule has 0 radical (unpaired) electrons. The molecule has 13 heavy (non-hydrogen) atoms. The normalized spacial score (nSPS) is 18.4. The highest BCUT2D eigenvalue weighted by atomic mass is 15.0. The van der Waals surface area contributed by atoms with E-state index in [0.29, 0.717) is 0 Å². The Balaban J connectivity index is 2.10. The highest BCUT2D eigenvalue weighted by Gasteiger charge is 2.17. The van der Waals surface area contributed by atoms with Crippen molar-refractivity contribution in [2.45, 2.75) is 38.5 Å². The standard InChI is InChI=1S/C12H23N/c1-11(7-6-10-13(2)3)12-8-4-5-9-12/h12H,1,4-10H2,2-3H3. The molecule has 0 aromatic rings. The van der Waals surface area contributed by atoms with Crippen molar-refractivity contribution >= 4 is 0 Å². The van der Waals surface area contributed by atoms with Crippen LogP contribution in [0.4, 0.5) is 0 Å². The molecule has 1 aliphatic rings. The minimum Gasteiger partial charge on any atom is -0.309 e. The third-order valence-corrected chi connectivity index (χ3v) is 3.04. The topological polar surface area (TPSA) is 3.24 Å². The number of nitrogens with zero attached hydrogens (tertiary/aromatic N) is 1. The van der Waals surface area contributed by atoms with Crippen LogP contribution >= 0.6 is 0 Å². The van der Waals surface area contributed by atoms with E-state index < -0.39 is 0 Å². The Morgan fingerprint density at radius 2 is 1.92 bits per heavy atom. The van der Waals surface area contributed by atoms with E-state index in [1.807, 2.05) is 0 Å². The molecular weight excluding hydrogens is 158 g/mol. The molecule has 0 aromatic carbocycles. The lowest BCUT2D eigenvalue weighted by Crippen LogP contribution is -2.13. The Labute approximate surface area is 82.8 Å². The summed E-state index contributed by atoms with van der Waals surface area (Å²) in [6.45, 7) is 5.42. The lowest BCUT2D eigenvalue weighted by Gasteiger charge is -2.14. The molecule has 1 heteroatoms. The van der Waals surface area contributed by atoms with Gasteiger partial charge in [-0.1, -0.05) is 25.0 Å². The van der Waals surface area contributed by atoms with Gasteiger partial charge in [-0.15, -0.1) is 0 Å². The van der Waals surface area contributed by atoms with Gasteiger partial charge in [-0.2, -0.15) is 0 Å². The van der Waals surface area contributed by atoms with E-state index in [4.69, 9.17) is 0 Å². The van der Waals surface area contributed by atoms with E-state index in [9.17, 15) is 0 Å². The van der Waals surface area contributed by atoms with E-state index in [2.05, 4.69) is 25.6 Å². The van der Waals surface area contributed by atoms with Crippen LogP contribution in [0.5, 0.6) is 0 Å². The molecule has 0 aromatic heterocycles. The van der Waals surface area contributed by atoms with Crippen LogP contribution in [0, 0.1) is 5.92 Å². The maximum absolute atomic E-state index is 4.22. The van der Waals surface area contributed by atoms with Crippen LogP contribution in [0.15, 0.2) is 12.2 Å². The molecule has 0 spiro atoms. The maximum Gasteiger partial charge on any atom is -0.00218 e. The van der Waals surface area contributed by atoms with Crippen LogP contribution in [-0.4, -0.2) is 25.5 Å². The molecule has 0 N–H and O–H groups in total. The Morgan fingerprint density at radius 3 is 2.46 bits per heavy atom. The van der Waals surface area contributed by atoms with Gasteiger partial charge in [-0.3, -0.25) is 0 Å². The van der Waals surface area contributed by atoms with Crippen molar-refractivity contribution in [1.82, 2.24) is 4.90 Å². The average Bonchev–Trinajstić information content (AvgIpc) is 2.55. The van der Waals surface area contributed by atoms with E-state index >= 15 is 0 Å². The van der Waals surface area contributed by atoms with Crippen molar-refractivity contribution in [2.75, 3.05) is 20.6 Å². The Bertz CT molecular complexity index is 155. The summed E-state index contributed by atoms with van der Waals surface area (Å²) >= 11 is 0.